The number of nitrogens with zero attached hydrogens (tertiary/aromatic N) is 2. The summed E-state index contributed by atoms with van der Waals surface area (Å²) < 4.78 is 6.74. The van der Waals surface area contributed by atoms with Crippen LogP contribution in [0, 0.1) is 0 Å². The Morgan fingerprint density at radius 1 is 1.39 bits per heavy atom. The lowest BCUT2D eigenvalue weighted by molar-refractivity contribution is 0.0784. The highest BCUT2D eigenvalue weighted by Crippen LogP contribution is 2.23. The van der Waals surface area contributed by atoms with Crippen molar-refractivity contribution in [3.8, 4) is 0 Å². The number of nitrogens with one attached hydrogen (secondary N) is 2. The molecule has 0 aliphatic carbocycles. The van der Waals surface area contributed by atoms with Crippen LogP contribution in [0.1, 0.15) is 24.6 Å². The molecule has 0 spiro atoms. The lowest BCUT2D eigenvalue weighted by atomic mass is 10.0. The Morgan fingerprint density at radius 2 is 2.22 bits per heavy atom. The van der Waals surface area contributed by atoms with Crippen molar-refractivity contribution in [2.45, 2.75) is 18.8 Å². The first-order valence-electron chi connectivity index (χ1n) is 5.93. The topological polar surface area (TPSA) is 92.8 Å². The zero-order chi connectivity index (χ0) is 12.7. The highest BCUT2D eigenvalue weighted by Gasteiger charge is 2.21. The van der Waals surface area contributed by atoms with Crippen molar-refractivity contribution >= 4 is 11.2 Å². The average molecular weight is 250 g/mol. The van der Waals surface area contributed by atoms with E-state index >= 15 is 0 Å². The van der Waals surface area contributed by atoms with E-state index in [0.29, 0.717) is 17.8 Å². The zero-order valence-corrected chi connectivity index (χ0v) is 10.0. The lowest BCUT2D eigenvalue weighted by Gasteiger charge is -2.19. The predicted molar refractivity (Wildman–Crippen MR) is 64.7 cm³/mol. The molecule has 7 heteroatoms. The van der Waals surface area contributed by atoms with Crippen LogP contribution in [-0.2, 0) is 11.8 Å². The minimum absolute atomic E-state index is 0.167. The third kappa shape index (κ3) is 1.67. The second kappa shape index (κ2) is 4.09. The van der Waals surface area contributed by atoms with Crippen LogP contribution in [0.2, 0.25) is 0 Å². The number of ether oxygens (including phenoxy) is 1. The molecule has 96 valence electrons. The number of hydrogen-bond acceptors (Lipinski definition) is 4. The zero-order valence-electron chi connectivity index (χ0n) is 10.0. The Bertz CT molecular complexity index is 690. The Balaban J connectivity index is 2.16. The van der Waals surface area contributed by atoms with E-state index < -0.39 is 11.2 Å². The molecule has 3 rings (SSSR count). The molecule has 1 atom stereocenters. The van der Waals surface area contributed by atoms with Crippen molar-refractivity contribution in [3.05, 3.63) is 26.7 Å². The number of aryl methyl sites for hydroxylation is 1. The number of fused-ring (bicyclic) bond motifs is 1. The van der Waals surface area contributed by atoms with E-state index in [1.165, 1.54) is 4.57 Å². The minimum Gasteiger partial charge on any atom is -0.381 e. The van der Waals surface area contributed by atoms with Crippen LogP contribution in [0.15, 0.2) is 9.59 Å². The molecule has 1 aliphatic heterocycles. The van der Waals surface area contributed by atoms with Crippen molar-refractivity contribution in [1.29, 1.82) is 0 Å². The molecule has 0 amide bonds. The van der Waals surface area contributed by atoms with Crippen LogP contribution >= 0.6 is 0 Å². The Labute approximate surface area is 102 Å². The number of hydrogen-bond donors (Lipinski definition) is 2. The van der Waals surface area contributed by atoms with Crippen LogP contribution in [-0.4, -0.2) is 32.7 Å². The van der Waals surface area contributed by atoms with Crippen molar-refractivity contribution in [2.24, 2.45) is 7.05 Å². The molecule has 1 unspecified atom stereocenters. The summed E-state index contributed by atoms with van der Waals surface area (Å²) in [5.74, 6) is 0.886. The fourth-order valence-corrected chi connectivity index (χ4v) is 2.27. The smallest absolute Gasteiger partial charge is 0.329 e. The second-order valence-corrected chi connectivity index (χ2v) is 4.55. The lowest BCUT2D eigenvalue weighted by Crippen LogP contribution is -2.28. The molecule has 0 aromatic carbocycles. The largest absolute Gasteiger partial charge is 0.381 e. The molecular formula is C11H14N4O3. The van der Waals surface area contributed by atoms with Crippen molar-refractivity contribution in [2.75, 3.05) is 13.2 Å². The molecule has 2 aromatic rings. The second-order valence-electron chi connectivity index (χ2n) is 4.55. The van der Waals surface area contributed by atoms with E-state index in [1.54, 1.807) is 7.05 Å². The molecule has 2 aromatic heterocycles. The Kier molecular flexibility index (Phi) is 2.55. The summed E-state index contributed by atoms with van der Waals surface area (Å²) in [6.07, 6.45) is 1.96. The third-order valence-electron chi connectivity index (χ3n) is 3.32. The summed E-state index contributed by atoms with van der Waals surface area (Å²) in [5.41, 5.74) is -0.143. The minimum atomic E-state index is -0.453. The highest BCUT2D eigenvalue weighted by molar-refractivity contribution is 5.69. The summed E-state index contributed by atoms with van der Waals surface area (Å²) in [6, 6.07) is 0. The van der Waals surface area contributed by atoms with E-state index in [-0.39, 0.29) is 5.92 Å². The summed E-state index contributed by atoms with van der Waals surface area (Å²) in [5, 5.41) is 0. The van der Waals surface area contributed by atoms with Crippen molar-refractivity contribution in [1.82, 2.24) is 19.5 Å². The number of aromatic amines is 2. The maximum atomic E-state index is 11.7. The van der Waals surface area contributed by atoms with Gasteiger partial charge in [-0.3, -0.25) is 14.3 Å². The quantitative estimate of drug-likeness (QED) is 0.735. The van der Waals surface area contributed by atoms with Gasteiger partial charge in [-0.05, 0) is 12.8 Å². The summed E-state index contributed by atoms with van der Waals surface area (Å²) >= 11 is 0. The third-order valence-corrected chi connectivity index (χ3v) is 3.32. The van der Waals surface area contributed by atoms with E-state index in [4.69, 9.17) is 4.74 Å². The summed E-state index contributed by atoms with van der Waals surface area (Å²) in [4.78, 5) is 32.8. The molecule has 0 bridgehead atoms. The maximum Gasteiger partial charge on any atom is 0.329 e. The van der Waals surface area contributed by atoms with Crippen molar-refractivity contribution < 1.29 is 4.74 Å². The molecule has 7 nitrogen and oxygen atoms in total. The van der Waals surface area contributed by atoms with Gasteiger partial charge in [-0.1, -0.05) is 0 Å². The van der Waals surface area contributed by atoms with Gasteiger partial charge in [0.1, 0.15) is 11.3 Å². The molecule has 3 heterocycles. The van der Waals surface area contributed by atoms with Crippen LogP contribution < -0.4 is 11.2 Å². The maximum absolute atomic E-state index is 11.7. The molecular weight excluding hydrogens is 236 g/mol. The van der Waals surface area contributed by atoms with Gasteiger partial charge in [0.05, 0.1) is 6.61 Å². The van der Waals surface area contributed by atoms with E-state index in [0.717, 1.165) is 25.3 Å². The first kappa shape index (κ1) is 11.2. The van der Waals surface area contributed by atoms with Gasteiger partial charge >= 0.3 is 5.69 Å². The normalized spacial score (nSPS) is 20.4. The number of H-pyrrole nitrogens is 2. The summed E-state index contributed by atoms with van der Waals surface area (Å²) in [7, 11) is 1.59. The molecule has 2 N–H and O–H groups in total. The van der Waals surface area contributed by atoms with Gasteiger partial charge in [-0.25, -0.2) is 9.78 Å². The van der Waals surface area contributed by atoms with Crippen LogP contribution in [0.3, 0.4) is 0 Å². The van der Waals surface area contributed by atoms with Gasteiger partial charge < -0.3 is 9.72 Å². The van der Waals surface area contributed by atoms with E-state index in [2.05, 4.69) is 15.0 Å². The first-order valence-corrected chi connectivity index (χ1v) is 5.93. The van der Waals surface area contributed by atoms with Crippen molar-refractivity contribution in [3.63, 3.8) is 0 Å². The molecule has 1 aliphatic rings. The molecule has 18 heavy (non-hydrogen) atoms. The Hall–Kier alpha value is -1.89. The number of imidazole rings is 1. The van der Waals surface area contributed by atoms with Gasteiger partial charge in [0.25, 0.3) is 5.56 Å². The van der Waals surface area contributed by atoms with Crippen LogP contribution in [0.25, 0.3) is 11.2 Å². The molecule has 1 saturated heterocycles. The molecule has 1 fully saturated rings. The van der Waals surface area contributed by atoms with Crippen LogP contribution in [0.5, 0.6) is 0 Å². The Morgan fingerprint density at radius 3 is 2.94 bits per heavy atom. The van der Waals surface area contributed by atoms with Crippen LogP contribution in [0.4, 0.5) is 0 Å². The number of aromatic nitrogens is 4. The number of rotatable bonds is 1. The molecule has 0 saturated carbocycles. The van der Waals surface area contributed by atoms with E-state index in [1.807, 2.05) is 0 Å². The monoisotopic (exact) mass is 250 g/mol. The van der Waals surface area contributed by atoms with Gasteiger partial charge in [-0.15, -0.1) is 0 Å². The average Bonchev–Trinajstić information content (AvgIpc) is 2.83. The standard InChI is InChI=1S/C11H14N4O3/c1-15-9-7(10(16)14-11(15)17)12-8(13-9)6-3-2-4-18-5-6/h6H,2-5H2,1H3,(H,12,13)(H,14,16,17). The van der Waals surface area contributed by atoms with Gasteiger partial charge in [0.15, 0.2) is 5.65 Å². The highest BCUT2D eigenvalue weighted by atomic mass is 16.5. The molecule has 0 radical (unpaired) electrons. The SMILES string of the molecule is Cn1c(=O)[nH]c(=O)c2[nH]c(C3CCCOC3)nc21. The summed E-state index contributed by atoms with van der Waals surface area (Å²) in [6.45, 7) is 1.38. The predicted octanol–water partition coefficient (Wildman–Crippen LogP) is -0.156. The van der Waals surface area contributed by atoms with Gasteiger partial charge in [-0.2, -0.15) is 0 Å². The van der Waals surface area contributed by atoms with E-state index in [9.17, 15) is 9.59 Å². The van der Waals surface area contributed by atoms with Gasteiger partial charge in [0.2, 0.25) is 0 Å². The fraction of sp³-hybridized carbons (Fsp3) is 0.545. The van der Waals surface area contributed by atoms with Gasteiger partial charge in [0, 0.05) is 19.6 Å². The first-order chi connectivity index (χ1) is 8.66. The fourth-order valence-electron chi connectivity index (χ4n) is 2.27.